The number of carbonyl (C=O) groups excluding carboxylic acids is 1. The van der Waals surface area contributed by atoms with Crippen molar-refractivity contribution < 1.29 is 14.1 Å². The zero-order valence-corrected chi connectivity index (χ0v) is 15.9. The molecule has 8 heteroatoms. The van der Waals surface area contributed by atoms with E-state index in [4.69, 9.17) is 32.5 Å². The molecule has 1 aliphatic rings. The summed E-state index contributed by atoms with van der Waals surface area (Å²) in [5.74, 6) is 1.34. The highest BCUT2D eigenvalue weighted by molar-refractivity contribution is 6.31. The molecule has 4 rings (SSSR count). The Balaban J connectivity index is 1.46. The summed E-state index contributed by atoms with van der Waals surface area (Å²) in [5, 5.41) is 5.10. The van der Waals surface area contributed by atoms with Crippen molar-refractivity contribution in [1.82, 2.24) is 15.0 Å². The maximum atomic E-state index is 12.7. The Labute approximate surface area is 165 Å². The van der Waals surface area contributed by atoms with Crippen LogP contribution < -0.4 is 4.74 Å². The molecule has 0 aliphatic carbocycles. The van der Waals surface area contributed by atoms with Gasteiger partial charge < -0.3 is 14.2 Å². The van der Waals surface area contributed by atoms with E-state index in [9.17, 15) is 4.79 Å². The lowest BCUT2D eigenvalue weighted by Crippen LogP contribution is -2.48. The van der Waals surface area contributed by atoms with Gasteiger partial charge in [-0.3, -0.25) is 4.79 Å². The fraction of sp³-hybridized carbons (Fsp3) is 0.211. The maximum absolute atomic E-state index is 12.7. The lowest BCUT2D eigenvalue weighted by atomic mass is 9.98. The van der Waals surface area contributed by atoms with Crippen molar-refractivity contribution in [2.75, 3.05) is 20.2 Å². The lowest BCUT2D eigenvalue weighted by Gasteiger charge is -2.37. The van der Waals surface area contributed by atoms with E-state index >= 15 is 0 Å². The molecule has 1 fully saturated rings. The third-order valence-corrected chi connectivity index (χ3v) is 4.90. The number of ether oxygens (including phenoxy) is 1. The number of hydrogen-bond acceptors (Lipinski definition) is 5. The summed E-state index contributed by atoms with van der Waals surface area (Å²) in [6.45, 7) is 0.983. The largest absolute Gasteiger partial charge is 0.496 e. The fourth-order valence-corrected chi connectivity index (χ4v) is 3.33. The molecule has 0 spiro atoms. The normalized spacial score (nSPS) is 14.1. The first-order chi connectivity index (χ1) is 13.0. The van der Waals surface area contributed by atoms with Crippen LogP contribution in [0.1, 0.15) is 22.2 Å². The molecule has 0 bridgehead atoms. The number of methoxy groups -OCH3 is 1. The van der Waals surface area contributed by atoms with E-state index in [1.165, 1.54) is 7.11 Å². The number of carbonyl (C=O) groups is 1. The van der Waals surface area contributed by atoms with Crippen LogP contribution >= 0.6 is 23.2 Å². The highest BCUT2D eigenvalue weighted by Crippen LogP contribution is 2.32. The van der Waals surface area contributed by atoms with E-state index in [1.807, 2.05) is 12.1 Å². The summed E-state index contributed by atoms with van der Waals surface area (Å²) in [6.07, 6.45) is 0. The van der Waals surface area contributed by atoms with Gasteiger partial charge in [-0.15, -0.1) is 0 Å². The molecule has 1 aromatic heterocycles. The first kappa shape index (κ1) is 17.8. The lowest BCUT2D eigenvalue weighted by molar-refractivity contribution is 0.0566. The average Bonchev–Trinajstić information content (AvgIpc) is 3.10. The van der Waals surface area contributed by atoms with Gasteiger partial charge in [-0.05, 0) is 30.3 Å². The van der Waals surface area contributed by atoms with Crippen LogP contribution in [0.4, 0.5) is 0 Å². The standard InChI is InChI=1S/C19H15Cl2N3O3/c1-26-16-6-5-14(21)8-15(16)19(25)24-9-12(10-24)18-22-17(23-27-18)11-3-2-4-13(20)7-11/h2-8,12H,9-10H2,1H3. The molecule has 2 heterocycles. The van der Waals surface area contributed by atoms with Gasteiger partial charge in [-0.2, -0.15) is 4.98 Å². The Morgan fingerprint density at radius 3 is 2.70 bits per heavy atom. The van der Waals surface area contributed by atoms with Crippen LogP contribution in [-0.2, 0) is 0 Å². The highest BCUT2D eigenvalue weighted by atomic mass is 35.5. The smallest absolute Gasteiger partial charge is 0.257 e. The minimum Gasteiger partial charge on any atom is -0.496 e. The molecule has 0 unspecified atom stereocenters. The number of benzene rings is 2. The number of rotatable bonds is 4. The monoisotopic (exact) mass is 403 g/mol. The summed E-state index contributed by atoms with van der Waals surface area (Å²) in [7, 11) is 1.52. The van der Waals surface area contributed by atoms with Gasteiger partial charge in [-0.25, -0.2) is 0 Å². The van der Waals surface area contributed by atoms with E-state index in [-0.39, 0.29) is 11.8 Å². The Kier molecular flexibility index (Phi) is 4.76. The van der Waals surface area contributed by atoms with Crippen molar-refractivity contribution >= 4 is 29.1 Å². The zero-order chi connectivity index (χ0) is 19.0. The van der Waals surface area contributed by atoms with Crippen molar-refractivity contribution in [3.63, 3.8) is 0 Å². The average molecular weight is 404 g/mol. The first-order valence-electron chi connectivity index (χ1n) is 8.27. The quantitative estimate of drug-likeness (QED) is 0.649. The predicted octanol–water partition coefficient (Wildman–Crippen LogP) is 4.29. The van der Waals surface area contributed by atoms with E-state index < -0.39 is 0 Å². The molecular weight excluding hydrogens is 389 g/mol. The molecule has 27 heavy (non-hydrogen) atoms. The molecule has 1 saturated heterocycles. The predicted molar refractivity (Wildman–Crippen MR) is 101 cm³/mol. The van der Waals surface area contributed by atoms with Gasteiger partial charge >= 0.3 is 0 Å². The second kappa shape index (κ2) is 7.21. The van der Waals surface area contributed by atoms with Gasteiger partial charge in [0.1, 0.15) is 5.75 Å². The molecule has 1 aliphatic heterocycles. The highest BCUT2D eigenvalue weighted by Gasteiger charge is 2.37. The van der Waals surface area contributed by atoms with Gasteiger partial charge in [-0.1, -0.05) is 40.5 Å². The van der Waals surface area contributed by atoms with Crippen molar-refractivity contribution in [2.45, 2.75) is 5.92 Å². The summed E-state index contributed by atoms with van der Waals surface area (Å²) in [5.41, 5.74) is 1.22. The number of aromatic nitrogens is 2. The summed E-state index contributed by atoms with van der Waals surface area (Å²) < 4.78 is 10.6. The summed E-state index contributed by atoms with van der Waals surface area (Å²) in [6, 6.07) is 12.2. The van der Waals surface area contributed by atoms with Crippen molar-refractivity contribution in [2.24, 2.45) is 0 Å². The van der Waals surface area contributed by atoms with Crippen LogP contribution in [-0.4, -0.2) is 41.1 Å². The van der Waals surface area contributed by atoms with Crippen molar-refractivity contribution in [1.29, 1.82) is 0 Å². The Morgan fingerprint density at radius 2 is 1.96 bits per heavy atom. The molecule has 0 atom stereocenters. The topological polar surface area (TPSA) is 68.5 Å². The number of likely N-dealkylation sites (tertiary alicyclic amines) is 1. The summed E-state index contributed by atoms with van der Waals surface area (Å²) >= 11 is 12.0. The molecular formula is C19H15Cl2N3O3. The molecule has 1 amide bonds. The van der Waals surface area contributed by atoms with Gasteiger partial charge in [0.25, 0.3) is 5.91 Å². The van der Waals surface area contributed by atoms with Crippen molar-refractivity contribution in [3.8, 4) is 17.1 Å². The second-order valence-electron chi connectivity index (χ2n) is 6.22. The maximum Gasteiger partial charge on any atom is 0.257 e. The van der Waals surface area contributed by atoms with Crippen LogP contribution in [0.2, 0.25) is 10.0 Å². The molecule has 2 aromatic carbocycles. The minimum absolute atomic E-state index is 0.000404. The van der Waals surface area contributed by atoms with Crippen LogP contribution in [0.3, 0.4) is 0 Å². The van der Waals surface area contributed by atoms with Crippen molar-refractivity contribution in [3.05, 3.63) is 64.0 Å². The van der Waals surface area contributed by atoms with E-state index in [2.05, 4.69) is 10.1 Å². The first-order valence-corrected chi connectivity index (χ1v) is 9.03. The minimum atomic E-state index is -0.139. The molecule has 3 aromatic rings. The number of nitrogens with zero attached hydrogens (tertiary/aromatic N) is 3. The molecule has 0 N–H and O–H groups in total. The summed E-state index contributed by atoms with van der Waals surface area (Å²) in [4.78, 5) is 18.8. The Bertz CT molecular complexity index is 999. The number of amides is 1. The zero-order valence-electron chi connectivity index (χ0n) is 14.4. The van der Waals surface area contributed by atoms with E-state index in [1.54, 1.807) is 35.2 Å². The molecule has 138 valence electrons. The fourth-order valence-electron chi connectivity index (χ4n) is 2.96. The van der Waals surface area contributed by atoms with Gasteiger partial charge in [0.05, 0.1) is 18.6 Å². The number of halogens is 2. The Morgan fingerprint density at radius 1 is 1.19 bits per heavy atom. The number of hydrogen-bond donors (Lipinski definition) is 0. The van der Waals surface area contributed by atoms with Crippen LogP contribution in [0.5, 0.6) is 5.75 Å². The van der Waals surface area contributed by atoms with Gasteiger partial charge in [0.15, 0.2) is 0 Å². The third kappa shape index (κ3) is 3.50. The molecule has 0 saturated carbocycles. The van der Waals surface area contributed by atoms with E-state index in [0.717, 1.165) is 5.56 Å². The van der Waals surface area contributed by atoms with Gasteiger partial charge in [0.2, 0.25) is 11.7 Å². The van der Waals surface area contributed by atoms with Crippen LogP contribution in [0, 0.1) is 0 Å². The van der Waals surface area contributed by atoms with Crippen LogP contribution in [0.25, 0.3) is 11.4 Å². The third-order valence-electron chi connectivity index (χ3n) is 4.43. The van der Waals surface area contributed by atoms with Crippen LogP contribution in [0.15, 0.2) is 47.0 Å². The van der Waals surface area contributed by atoms with E-state index in [0.29, 0.717) is 46.2 Å². The second-order valence-corrected chi connectivity index (χ2v) is 7.09. The molecule has 0 radical (unpaired) electrons. The molecule has 6 nitrogen and oxygen atoms in total. The SMILES string of the molecule is COc1ccc(Cl)cc1C(=O)N1CC(c2nc(-c3cccc(Cl)c3)no2)C1. The van der Waals surface area contributed by atoms with Gasteiger partial charge in [0, 0.05) is 28.7 Å². The Hall–Kier alpha value is -2.57.